The number of anilines is 1. The summed E-state index contributed by atoms with van der Waals surface area (Å²) in [6.07, 6.45) is 4.77. The first kappa shape index (κ1) is 28.1. The summed E-state index contributed by atoms with van der Waals surface area (Å²) in [5.41, 5.74) is 4.33. The number of hydrogen-bond acceptors (Lipinski definition) is 8. The van der Waals surface area contributed by atoms with Gasteiger partial charge in [-0.2, -0.15) is 0 Å². The Hall–Kier alpha value is -2.40. The first-order chi connectivity index (χ1) is 18.8. The van der Waals surface area contributed by atoms with Crippen molar-refractivity contribution in [1.82, 2.24) is 20.2 Å². The fourth-order valence-electron chi connectivity index (χ4n) is 5.71. The number of amides is 1. The molecule has 9 nitrogen and oxygen atoms in total. The summed E-state index contributed by atoms with van der Waals surface area (Å²) in [7, 11) is 0. The molecule has 2 fully saturated rings. The summed E-state index contributed by atoms with van der Waals surface area (Å²) in [6.45, 7) is 10.6. The van der Waals surface area contributed by atoms with Crippen molar-refractivity contribution < 1.29 is 14.3 Å². The quantitative estimate of drug-likeness (QED) is 0.482. The van der Waals surface area contributed by atoms with Crippen molar-refractivity contribution in [2.24, 2.45) is 5.10 Å². The molecule has 3 aliphatic heterocycles. The van der Waals surface area contributed by atoms with E-state index in [0.29, 0.717) is 35.2 Å². The van der Waals surface area contributed by atoms with Crippen molar-refractivity contribution in [2.75, 3.05) is 44.2 Å². The van der Waals surface area contributed by atoms with Crippen molar-refractivity contribution in [3.8, 4) is 0 Å². The number of pyridine rings is 1. The molecule has 0 aliphatic carbocycles. The second kappa shape index (κ2) is 12.0. The molecule has 0 spiro atoms. The molecule has 39 heavy (non-hydrogen) atoms. The normalized spacial score (nSPS) is 24.3. The minimum Gasteiger partial charge on any atom is -0.424 e. The van der Waals surface area contributed by atoms with Crippen LogP contribution >= 0.6 is 27.5 Å². The highest BCUT2D eigenvalue weighted by Gasteiger charge is 2.36. The van der Waals surface area contributed by atoms with Gasteiger partial charge in [0.1, 0.15) is 5.82 Å². The minimum absolute atomic E-state index is 0.120. The monoisotopic (exact) mass is 618 g/mol. The Kier molecular flexibility index (Phi) is 8.66. The second-order valence-electron chi connectivity index (χ2n) is 10.3. The van der Waals surface area contributed by atoms with Crippen LogP contribution in [0.3, 0.4) is 0 Å². The maximum atomic E-state index is 13.0. The standard InChI is InChI=1S/C28H36BrClN6O3/c1-4-22-18-35(25-24(30)16-20(17-31-25)26-32-33-28(3,39-26)38-5-2)14-15-36(22)23-10-12-34(13-11-23)27(37)19-6-8-21(29)9-7-19/h6-9,16-17,22-23,33H,4-5,10-15,18H2,1-3H3/t22-,28?/m0/s1. The lowest BCUT2D eigenvalue weighted by molar-refractivity contribution is -0.182. The lowest BCUT2D eigenvalue weighted by atomic mass is 9.97. The predicted octanol–water partition coefficient (Wildman–Crippen LogP) is 4.69. The Labute approximate surface area is 243 Å². The summed E-state index contributed by atoms with van der Waals surface area (Å²) in [6, 6.07) is 10.3. The van der Waals surface area contributed by atoms with Crippen LogP contribution in [0.4, 0.5) is 5.82 Å². The topological polar surface area (TPSA) is 82.5 Å². The van der Waals surface area contributed by atoms with E-state index in [4.69, 9.17) is 26.1 Å². The van der Waals surface area contributed by atoms with Gasteiger partial charge in [-0.25, -0.2) is 10.4 Å². The van der Waals surface area contributed by atoms with Crippen molar-refractivity contribution in [3.05, 3.63) is 57.2 Å². The molecule has 0 radical (unpaired) electrons. The van der Waals surface area contributed by atoms with E-state index in [0.717, 1.165) is 67.8 Å². The molecule has 0 bridgehead atoms. The molecular weight excluding hydrogens is 584 g/mol. The van der Waals surface area contributed by atoms with Crippen LogP contribution in [0.5, 0.6) is 0 Å². The largest absolute Gasteiger partial charge is 0.424 e. The number of benzene rings is 1. The van der Waals surface area contributed by atoms with Gasteiger partial charge in [-0.15, -0.1) is 5.10 Å². The maximum Gasteiger partial charge on any atom is 0.305 e. The molecule has 2 saturated heterocycles. The van der Waals surface area contributed by atoms with Crippen molar-refractivity contribution in [3.63, 3.8) is 0 Å². The van der Waals surface area contributed by atoms with E-state index >= 15 is 0 Å². The highest BCUT2D eigenvalue weighted by Crippen LogP contribution is 2.31. The van der Waals surface area contributed by atoms with Crippen molar-refractivity contribution in [1.29, 1.82) is 0 Å². The van der Waals surface area contributed by atoms with E-state index in [1.807, 2.05) is 42.2 Å². The van der Waals surface area contributed by atoms with Gasteiger partial charge in [0.2, 0.25) is 5.90 Å². The van der Waals surface area contributed by atoms with Crippen LogP contribution in [0.1, 0.15) is 56.0 Å². The predicted molar refractivity (Wildman–Crippen MR) is 156 cm³/mol. The van der Waals surface area contributed by atoms with Gasteiger partial charge < -0.3 is 19.3 Å². The Morgan fingerprint density at radius 3 is 2.62 bits per heavy atom. The van der Waals surface area contributed by atoms with Gasteiger partial charge in [0, 0.05) is 68.0 Å². The number of hydrazone groups is 1. The number of nitrogens with one attached hydrogen (secondary N) is 1. The average Bonchev–Trinajstić information content (AvgIpc) is 3.34. The van der Waals surface area contributed by atoms with Gasteiger partial charge in [-0.1, -0.05) is 34.5 Å². The van der Waals surface area contributed by atoms with Crippen LogP contribution in [-0.4, -0.2) is 83.9 Å². The number of halogens is 2. The van der Waals surface area contributed by atoms with Crippen LogP contribution in [-0.2, 0) is 9.47 Å². The minimum atomic E-state index is -0.984. The summed E-state index contributed by atoms with van der Waals surface area (Å²) in [4.78, 5) is 24.6. The van der Waals surface area contributed by atoms with Crippen LogP contribution in [0.15, 0.2) is 46.1 Å². The molecule has 3 aliphatic rings. The lowest BCUT2D eigenvalue weighted by Crippen LogP contribution is -2.58. The SMILES string of the molecule is CCOC1(C)NN=C(c2cnc(N3CCN(C4CCN(C(=O)c5ccc(Br)cc5)CC4)[C@@H](CC)C3)c(Cl)c2)O1. The van der Waals surface area contributed by atoms with Gasteiger partial charge in [0.15, 0.2) is 0 Å². The lowest BCUT2D eigenvalue weighted by Gasteiger charge is -2.47. The molecule has 11 heteroatoms. The smallest absolute Gasteiger partial charge is 0.305 e. The summed E-state index contributed by atoms with van der Waals surface area (Å²) in [5, 5.41) is 4.83. The van der Waals surface area contributed by atoms with E-state index in [1.54, 1.807) is 13.1 Å². The molecule has 1 amide bonds. The van der Waals surface area contributed by atoms with Crippen LogP contribution in [0.2, 0.25) is 5.02 Å². The summed E-state index contributed by atoms with van der Waals surface area (Å²) in [5.74, 6) is 0.331. The van der Waals surface area contributed by atoms with E-state index < -0.39 is 5.91 Å². The third-order valence-electron chi connectivity index (χ3n) is 7.75. The number of hydrogen-bond donors (Lipinski definition) is 1. The Bertz CT molecular complexity index is 1210. The van der Waals surface area contributed by atoms with Crippen LogP contribution in [0, 0.1) is 0 Å². The first-order valence-electron chi connectivity index (χ1n) is 13.7. The fraction of sp³-hybridized carbons (Fsp3) is 0.536. The fourth-order valence-corrected chi connectivity index (χ4v) is 6.26. The molecule has 1 unspecified atom stereocenters. The molecule has 1 aromatic carbocycles. The zero-order chi connectivity index (χ0) is 27.6. The molecule has 5 rings (SSSR count). The van der Waals surface area contributed by atoms with Crippen molar-refractivity contribution >= 4 is 45.2 Å². The van der Waals surface area contributed by atoms with E-state index in [2.05, 4.69) is 43.2 Å². The van der Waals surface area contributed by atoms with Gasteiger partial charge in [-0.3, -0.25) is 9.69 Å². The van der Waals surface area contributed by atoms with Gasteiger partial charge >= 0.3 is 5.91 Å². The maximum absolute atomic E-state index is 13.0. The summed E-state index contributed by atoms with van der Waals surface area (Å²) >= 11 is 10.2. The highest BCUT2D eigenvalue weighted by atomic mass is 79.9. The average molecular weight is 620 g/mol. The Morgan fingerprint density at radius 2 is 1.95 bits per heavy atom. The van der Waals surface area contributed by atoms with Gasteiger partial charge in [0.25, 0.3) is 5.91 Å². The number of ether oxygens (including phenoxy) is 2. The van der Waals surface area contributed by atoms with Gasteiger partial charge in [-0.05, 0) is 56.5 Å². The molecular formula is C28H36BrClN6O3. The Balaban J connectivity index is 1.18. The van der Waals surface area contributed by atoms with E-state index in [-0.39, 0.29) is 5.91 Å². The molecule has 2 aromatic rings. The second-order valence-corrected chi connectivity index (χ2v) is 11.6. The highest BCUT2D eigenvalue weighted by molar-refractivity contribution is 9.10. The van der Waals surface area contributed by atoms with E-state index in [1.165, 1.54) is 0 Å². The zero-order valence-electron chi connectivity index (χ0n) is 22.7. The molecule has 210 valence electrons. The molecule has 2 atom stereocenters. The molecule has 0 saturated carbocycles. The first-order valence-corrected chi connectivity index (χ1v) is 14.9. The van der Waals surface area contributed by atoms with Crippen molar-refractivity contribution in [2.45, 2.75) is 58.0 Å². The number of piperazine rings is 1. The van der Waals surface area contributed by atoms with Crippen LogP contribution < -0.4 is 10.3 Å². The number of rotatable bonds is 7. The number of nitrogens with zero attached hydrogens (tertiary/aromatic N) is 5. The number of carbonyl (C=O) groups is 1. The van der Waals surface area contributed by atoms with Gasteiger partial charge in [0.05, 0.1) is 17.2 Å². The third kappa shape index (κ3) is 6.19. The Morgan fingerprint density at radius 1 is 1.21 bits per heavy atom. The number of piperidine rings is 1. The summed E-state index contributed by atoms with van der Waals surface area (Å²) < 4.78 is 12.4. The van der Waals surface area contributed by atoms with E-state index in [9.17, 15) is 4.79 Å². The molecule has 4 heterocycles. The number of likely N-dealkylation sites (tertiary alicyclic amines) is 1. The zero-order valence-corrected chi connectivity index (χ0v) is 25.0. The van der Waals surface area contributed by atoms with Crippen LogP contribution in [0.25, 0.3) is 0 Å². The number of carbonyl (C=O) groups excluding carboxylic acids is 1. The molecule has 1 aromatic heterocycles. The number of aromatic nitrogens is 1. The third-order valence-corrected chi connectivity index (χ3v) is 8.56. The molecule has 1 N–H and O–H groups in total.